The third kappa shape index (κ3) is 5.48. The van der Waals surface area contributed by atoms with Gasteiger partial charge in [-0.2, -0.15) is 0 Å². The van der Waals surface area contributed by atoms with Crippen LogP contribution in [0.3, 0.4) is 0 Å². The van der Waals surface area contributed by atoms with Crippen LogP contribution in [0.25, 0.3) is 0 Å². The van der Waals surface area contributed by atoms with Gasteiger partial charge in [-0.05, 0) is 70.6 Å². The first kappa shape index (κ1) is 22.0. The van der Waals surface area contributed by atoms with Crippen molar-refractivity contribution in [3.63, 3.8) is 0 Å². The first-order valence-electron chi connectivity index (χ1n) is 9.40. The maximum absolute atomic E-state index is 12.3. The molecule has 1 unspecified atom stereocenters. The van der Waals surface area contributed by atoms with E-state index in [0.717, 1.165) is 45.1 Å². The van der Waals surface area contributed by atoms with Gasteiger partial charge in [-0.1, -0.05) is 19.3 Å². The molecule has 3 aliphatic rings. The number of rotatable bonds is 6. The van der Waals surface area contributed by atoms with E-state index in [9.17, 15) is 4.79 Å². The molecule has 2 saturated carbocycles. The lowest BCUT2D eigenvalue weighted by Crippen LogP contribution is -2.37. The third-order valence-corrected chi connectivity index (χ3v) is 6.29. The maximum atomic E-state index is 12.3. The van der Waals surface area contributed by atoms with Crippen LogP contribution in [-0.4, -0.2) is 50.1 Å². The van der Waals surface area contributed by atoms with Gasteiger partial charge in [0.15, 0.2) is 0 Å². The van der Waals surface area contributed by atoms with Gasteiger partial charge >= 0.3 is 0 Å². The monoisotopic (exact) mass is 379 g/mol. The average Bonchev–Trinajstić information content (AvgIpc) is 3.26. The van der Waals surface area contributed by atoms with Gasteiger partial charge in [-0.25, -0.2) is 0 Å². The fourth-order valence-electron chi connectivity index (χ4n) is 4.56. The van der Waals surface area contributed by atoms with E-state index in [0.29, 0.717) is 17.2 Å². The number of nitrogens with zero attached hydrogens (tertiary/aromatic N) is 1. The largest absolute Gasteiger partial charge is 0.356 e. The first-order valence-corrected chi connectivity index (χ1v) is 9.40. The highest BCUT2D eigenvalue weighted by atomic mass is 35.5. The molecular weight excluding hydrogens is 345 g/mol. The number of piperidine rings is 1. The molecule has 0 aromatic carbocycles. The van der Waals surface area contributed by atoms with Crippen LogP contribution < -0.4 is 10.6 Å². The zero-order valence-corrected chi connectivity index (χ0v) is 16.7. The van der Waals surface area contributed by atoms with Crippen molar-refractivity contribution >= 4 is 30.7 Å². The topological polar surface area (TPSA) is 44.4 Å². The highest BCUT2D eigenvalue weighted by Gasteiger charge is 2.57. The van der Waals surface area contributed by atoms with Gasteiger partial charge in [-0.3, -0.25) is 4.79 Å². The molecular formula is C18H35Cl2N3O. The van der Waals surface area contributed by atoms with E-state index < -0.39 is 0 Å². The molecule has 1 spiro atoms. The number of carbonyl (C=O) groups is 1. The predicted octanol–water partition coefficient (Wildman–Crippen LogP) is 2.99. The Morgan fingerprint density at radius 1 is 1.17 bits per heavy atom. The highest BCUT2D eigenvalue weighted by molar-refractivity contribution is 5.85. The maximum Gasteiger partial charge on any atom is 0.223 e. The molecule has 24 heavy (non-hydrogen) atoms. The Balaban J connectivity index is 0.00000144. The van der Waals surface area contributed by atoms with Crippen LogP contribution in [-0.2, 0) is 4.79 Å². The van der Waals surface area contributed by atoms with E-state index in [1.807, 2.05) is 0 Å². The van der Waals surface area contributed by atoms with Gasteiger partial charge in [0.05, 0.1) is 0 Å². The lowest BCUT2D eigenvalue weighted by atomic mass is 9.92. The van der Waals surface area contributed by atoms with Gasteiger partial charge in [0.25, 0.3) is 0 Å². The minimum atomic E-state index is 0. The van der Waals surface area contributed by atoms with E-state index in [1.54, 1.807) is 0 Å². The second-order valence-corrected chi connectivity index (χ2v) is 7.79. The molecule has 3 fully saturated rings. The predicted molar refractivity (Wildman–Crippen MR) is 104 cm³/mol. The molecule has 0 radical (unpaired) electrons. The van der Waals surface area contributed by atoms with Crippen molar-refractivity contribution in [2.24, 2.45) is 11.3 Å². The van der Waals surface area contributed by atoms with Crippen molar-refractivity contribution in [2.45, 2.75) is 63.8 Å². The van der Waals surface area contributed by atoms with Crippen molar-refractivity contribution in [1.29, 1.82) is 0 Å². The molecule has 6 heteroatoms. The van der Waals surface area contributed by atoms with Crippen LogP contribution in [0, 0.1) is 11.3 Å². The number of hydrogen-bond donors (Lipinski definition) is 2. The van der Waals surface area contributed by atoms with E-state index in [2.05, 4.69) is 22.6 Å². The fourth-order valence-corrected chi connectivity index (χ4v) is 4.56. The fraction of sp³-hybridized carbons (Fsp3) is 0.944. The Labute approximate surface area is 159 Å². The zero-order valence-electron chi connectivity index (χ0n) is 15.0. The number of nitrogens with one attached hydrogen (secondary N) is 2. The molecule has 0 aromatic heterocycles. The molecule has 2 N–H and O–H groups in total. The smallest absolute Gasteiger partial charge is 0.223 e. The number of carbonyl (C=O) groups excluding carboxylic acids is 1. The number of halogens is 2. The summed E-state index contributed by atoms with van der Waals surface area (Å²) in [5.41, 5.74) is 0.369. The van der Waals surface area contributed by atoms with Crippen LogP contribution in [0.4, 0.5) is 0 Å². The lowest BCUT2D eigenvalue weighted by molar-refractivity contribution is -0.123. The summed E-state index contributed by atoms with van der Waals surface area (Å²) >= 11 is 0. The van der Waals surface area contributed by atoms with E-state index in [1.165, 1.54) is 44.9 Å². The van der Waals surface area contributed by atoms with Crippen molar-refractivity contribution in [3.05, 3.63) is 0 Å². The normalized spacial score (nSPS) is 25.7. The summed E-state index contributed by atoms with van der Waals surface area (Å²) in [6.45, 7) is 4.15. The molecule has 1 atom stereocenters. The van der Waals surface area contributed by atoms with Crippen LogP contribution in [0.5, 0.6) is 0 Å². The molecule has 1 saturated heterocycles. The van der Waals surface area contributed by atoms with Gasteiger partial charge in [0, 0.05) is 18.5 Å². The summed E-state index contributed by atoms with van der Waals surface area (Å²) < 4.78 is 0. The molecule has 3 rings (SSSR count). The Bertz CT molecular complexity index is 382. The Kier molecular flexibility index (Phi) is 9.35. The van der Waals surface area contributed by atoms with Crippen molar-refractivity contribution in [2.75, 3.05) is 33.2 Å². The van der Waals surface area contributed by atoms with Crippen molar-refractivity contribution in [3.8, 4) is 0 Å². The Morgan fingerprint density at radius 2 is 1.83 bits per heavy atom. The van der Waals surface area contributed by atoms with Crippen molar-refractivity contribution in [1.82, 2.24) is 15.5 Å². The molecule has 0 bridgehead atoms. The molecule has 2 aliphatic carbocycles. The minimum absolute atomic E-state index is 0. The summed E-state index contributed by atoms with van der Waals surface area (Å²) in [5, 5.41) is 6.59. The van der Waals surface area contributed by atoms with E-state index in [-0.39, 0.29) is 24.8 Å². The summed E-state index contributed by atoms with van der Waals surface area (Å²) in [6, 6.07) is 0.783. The molecule has 4 nitrogen and oxygen atoms in total. The molecule has 0 aromatic rings. The average molecular weight is 380 g/mol. The van der Waals surface area contributed by atoms with Crippen LogP contribution in [0.15, 0.2) is 0 Å². The first-order chi connectivity index (χ1) is 10.7. The molecule has 142 valence electrons. The second-order valence-electron chi connectivity index (χ2n) is 7.79. The van der Waals surface area contributed by atoms with Gasteiger partial charge in [-0.15, -0.1) is 24.8 Å². The Hall–Kier alpha value is -0.0300. The Morgan fingerprint density at radius 3 is 2.50 bits per heavy atom. The molecule has 1 amide bonds. The van der Waals surface area contributed by atoms with Gasteiger partial charge in [0.2, 0.25) is 5.91 Å². The van der Waals surface area contributed by atoms with Crippen molar-refractivity contribution < 1.29 is 4.79 Å². The summed E-state index contributed by atoms with van der Waals surface area (Å²) in [4.78, 5) is 14.8. The SMILES string of the molecule is CN(CCCNC(=O)C1CC12CCNCC2)C1CCCCC1.Cl.Cl. The summed E-state index contributed by atoms with van der Waals surface area (Å²) in [7, 11) is 2.25. The van der Waals surface area contributed by atoms with Crippen LogP contribution in [0.2, 0.25) is 0 Å². The zero-order chi connectivity index (χ0) is 15.4. The lowest BCUT2D eigenvalue weighted by Gasteiger charge is -2.31. The van der Waals surface area contributed by atoms with Crippen LogP contribution in [0.1, 0.15) is 57.8 Å². The summed E-state index contributed by atoms with van der Waals surface area (Å²) in [6.07, 6.45) is 11.5. The van der Waals surface area contributed by atoms with E-state index >= 15 is 0 Å². The molecule has 1 aliphatic heterocycles. The quantitative estimate of drug-likeness (QED) is 0.697. The number of amides is 1. The minimum Gasteiger partial charge on any atom is -0.356 e. The third-order valence-electron chi connectivity index (χ3n) is 6.29. The van der Waals surface area contributed by atoms with Gasteiger partial charge < -0.3 is 15.5 Å². The number of hydrogen-bond acceptors (Lipinski definition) is 3. The standard InChI is InChI=1S/C18H33N3O.2ClH/c1-21(15-6-3-2-4-7-15)13-5-10-20-17(22)16-14-18(16)8-11-19-12-9-18;;/h15-16,19H,2-14H2,1H3,(H,20,22);2*1H. The second kappa shape index (κ2) is 10.2. The highest BCUT2D eigenvalue weighted by Crippen LogP contribution is 2.58. The van der Waals surface area contributed by atoms with Crippen LogP contribution >= 0.6 is 24.8 Å². The summed E-state index contributed by atoms with van der Waals surface area (Å²) in [5.74, 6) is 0.632. The van der Waals surface area contributed by atoms with E-state index in [4.69, 9.17) is 0 Å². The molecule has 1 heterocycles. The van der Waals surface area contributed by atoms with Gasteiger partial charge in [0.1, 0.15) is 0 Å².